The second-order valence-electron chi connectivity index (χ2n) is 12.2. The molecule has 4 aromatic rings. The van der Waals surface area contributed by atoms with Crippen molar-refractivity contribution in [2.75, 3.05) is 20.1 Å². The second-order valence-corrected chi connectivity index (χ2v) is 14.0. The van der Waals surface area contributed by atoms with E-state index in [-0.39, 0.29) is 31.3 Å². The Balaban J connectivity index is 1.58. The molecule has 0 fully saturated rings. The van der Waals surface area contributed by atoms with Gasteiger partial charge < -0.3 is 37.3 Å². The van der Waals surface area contributed by atoms with Crippen molar-refractivity contribution in [1.82, 2.24) is 35.8 Å². The van der Waals surface area contributed by atoms with Gasteiger partial charge in [0.25, 0.3) is 0 Å². The summed E-state index contributed by atoms with van der Waals surface area (Å²) in [7, 11) is 1.60. The van der Waals surface area contributed by atoms with Crippen molar-refractivity contribution in [1.29, 1.82) is 0 Å². The number of fused-ring (bicyclic) bond motifs is 3. The predicted octanol–water partition coefficient (Wildman–Crippen LogP) is 3.93. The third-order valence-electron chi connectivity index (χ3n) is 8.83. The fourth-order valence-corrected chi connectivity index (χ4v) is 7.60. The molecule has 0 saturated heterocycles. The molecule has 0 aliphatic carbocycles. The molecule has 0 saturated carbocycles. The minimum Gasteiger partial charge on any atom is -0.361 e. The maximum Gasteiger partial charge on any atom is 0.245 e. The highest BCUT2D eigenvalue weighted by Crippen LogP contribution is 2.39. The standard InChI is InChI=1S/C35H43Cl2N9O3S/c1-46-30(17-21-18-42-26-8-3-2-7-22(21)26)33(48)44-19-23-24(36)11-12-25(37)31(23)50-34-29(40-15-16-41-34)20-43-27(10-6-14-39)32(47)45-28(35(46)49)9-4-5-13-38/h2-3,7-8,11-12,15-16,18,27-28,30,42-43H,4-6,9-10,13-14,17,19-20,38-39H2,1H3,(H,44,48)(H,45,47)/t27-,28-,30-/m0/s1. The molecule has 0 bridgehead atoms. The van der Waals surface area contributed by atoms with Crippen LogP contribution in [0.1, 0.15) is 48.9 Å². The predicted molar refractivity (Wildman–Crippen MR) is 197 cm³/mol. The van der Waals surface area contributed by atoms with Gasteiger partial charge in [-0.15, -0.1) is 0 Å². The first-order chi connectivity index (χ1) is 24.2. The summed E-state index contributed by atoms with van der Waals surface area (Å²) in [5.74, 6) is -1.12. The Labute approximate surface area is 305 Å². The van der Waals surface area contributed by atoms with E-state index in [2.05, 4.69) is 30.9 Å². The number of unbranched alkanes of at least 4 members (excludes halogenated alkanes) is 1. The van der Waals surface area contributed by atoms with Crippen molar-refractivity contribution in [3.63, 3.8) is 0 Å². The first-order valence-electron chi connectivity index (χ1n) is 16.7. The first-order valence-corrected chi connectivity index (χ1v) is 18.3. The summed E-state index contributed by atoms with van der Waals surface area (Å²) in [5.41, 5.74) is 14.6. The molecule has 0 radical (unpaired) electrons. The lowest BCUT2D eigenvalue weighted by Gasteiger charge is -2.32. The van der Waals surface area contributed by atoms with E-state index in [1.165, 1.54) is 16.7 Å². The summed E-state index contributed by atoms with van der Waals surface area (Å²) in [6.45, 7) is 1.09. The van der Waals surface area contributed by atoms with Crippen molar-refractivity contribution >= 4 is 63.6 Å². The Morgan fingerprint density at radius 1 is 0.900 bits per heavy atom. The first kappa shape index (κ1) is 37.5. The van der Waals surface area contributed by atoms with Crippen LogP contribution in [0.4, 0.5) is 0 Å². The van der Waals surface area contributed by atoms with Crippen molar-refractivity contribution in [2.45, 2.75) is 79.7 Å². The lowest BCUT2D eigenvalue weighted by molar-refractivity contribution is -0.142. The zero-order chi connectivity index (χ0) is 35.6. The van der Waals surface area contributed by atoms with E-state index in [1.807, 2.05) is 30.5 Å². The number of carbonyl (C=O) groups excluding carboxylic acids is 3. The summed E-state index contributed by atoms with van der Waals surface area (Å²) in [4.78, 5) is 56.9. The summed E-state index contributed by atoms with van der Waals surface area (Å²) < 4.78 is 0. The highest BCUT2D eigenvalue weighted by atomic mass is 35.5. The van der Waals surface area contributed by atoms with Crippen molar-refractivity contribution in [3.8, 4) is 0 Å². The van der Waals surface area contributed by atoms with E-state index in [0.717, 1.165) is 16.5 Å². The molecular formula is C35H43Cl2N9O3S. The van der Waals surface area contributed by atoms with Gasteiger partial charge in [0.2, 0.25) is 17.7 Å². The fourth-order valence-electron chi connectivity index (χ4n) is 6.00. The molecule has 3 atom stereocenters. The largest absolute Gasteiger partial charge is 0.361 e. The average Bonchev–Trinajstić information content (AvgIpc) is 3.53. The van der Waals surface area contributed by atoms with Crippen LogP contribution in [0.5, 0.6) is 0 Å². The minimum absolute atomic E-state index is 0.0403. The number of halogens is 2. The van der Waals surface area contributed by atoms with Gasteiger partial charge in [-0.05, 0) is 69.0 Å². The zero-order valence-electron chi connectivity index (χ0n) is 27.9. The molecule has 2 aromatic carbocycles. The van der Waals surface area contributed by atoms with Crippen LogP contribution in [-0.4, -0.2) is 75.8 Å². The third kappa shape index (κ3) is 9.14. The lowest BCUT2D eigenvalue weighted by atomic mass is 10.0. The van der Waals surface area contributed by atoms with E-state index in [1.54, 1.807) is 31.6 Å². The number of aromatic nitrogens is 3. The summed E-state index contributed by atoms with van der Waals surface area (Å²) in [5, 5.41) is 11.7. The molecule has 50 heavy (non-hydrogen) atoms. The number of hydrogen-bond donors (Lipinski definition) is 6. The van der Waals surface area contributed by atoms with Gasteiger partial charge in [-0.2, -0.15) is 0 Å². The third-order valence-corrected chi connectivity index (χ3v) is 10.8. The van der Waals surface area contributed by atoms with Crippen LogP contribution < -0.4 is 27.4 Å². The van der Waals surface area contributed by atoms with Gasteiger partial charge in [0, 0.05) is 71.5 Å². The number of nitrogens with one attached hydrogen (secondary N) is 4. The Kier molecular flexibility index (Phi) is 13.5. The molecular weight excluding hydrogens is 697 g/mol. The summed E-state index contributed by atoms with van der Waals surface area (Å²) >= 11 is 14.8. The monoisotopic (exact) mass is 739 g/mol. The molecule has 3 amide bonds. The van der Waals surface area contributed by atoms with Gasteiger partial charge in [-0.25, -0.2) is 4.98 Å². The molecule has 1 aliphatic rings. The van der Waals surface area contributed by atoms with Crippen LogP contribution in [0.25, 0.3) is 10.9 Å². The molecule has 15 heteroatoms. The van der Waals surface area contributed by atoms with Crippen molar-refractivity contribution in [2.24, 2.45) is 11.5 Å². The number of amides is 3. The fraction of sp³-hybridized carbons (Fsp3) is 0.400. The molecule has 266 valence electrons. The maximum absolute atomic E-state index is 14.4. The molecule has 5 rings (SSSR count). The average molecular weight is 741 g/mol. The number of H-pyrrole nitrogens is 1. The molecule has 8 N–H and O–H groups in total. The Morgan fingerprint density at radius 2 is 1.64 bits per heavy atom. The van der Waals surface area contributed by atoms with Crippen LogP contribution in [0.2, 0.25) is 10.0 Å². The number of hydrogen-bond acceptors (Lipinski definition) is 9. The van der Waals surface area contributed by atoms with Gasteiger partial charge in [0.1, 0.15) is 17.1 Å². The highest BCUT2D eigenvalue weighted by Gasteiger charge is 2.34. The number of benzene rings is 2. The number of nitrogens with zero attached hydrogens (tertiary/aromatic N) is 3. The van der Waals surface area contributed by atoms with Crippen LogP contribution >= 0.6 is 35.0 Å². The van der Waals surface area contributed by atoms with Crippen molar-refractivity contribution in [3.05, 3.63) is 81.9 Å². The molecule has 0 spiro atoms. The normalized spacial score (nSPS) is 19.4. The summed E-state index contributed by atoms with van der Waals surface area (Å²) in [6, 6.07) is 8.65. The van der Waals surface area contributed by atoms with Gasteiger partial charge >= 0.3 is 0 Å². The molecule has 1 aliphatic heterocycles. The minimum atomic E-state index is -0.932. The van der Waals surface area contributed by atoms with Crippen LogP contribution in [-0.2, 0) is 33.9 Å². The second kappa shape index (κ2) is 18.0. The number of likely N-dealkylation sites (N-methyl/N-ethyl adjacent to an activating group) is 1. The maximum atomic E-state index is 14.4. The van der Waals surface area contributed by atoms with Gasteiger partial charge in [-0.3, -0.25) is 19.4 Å². The quantitative estimate of drug-likeness (QED) is 0.139. The van der Waals surface area contributed by atoms with Gasteiger partial charge in [-0.1, -0.05) is 53.2 Å². The number of nitrogens with two attached hydrogens (primary N) is 2. The Morgan fingerprint density at radius 3 is 2.44 bits per heavy atom. The highest BCUT2D eigenvalue weighted by molar-refractivity contribution is 7.99. The number of rotatable bonds is 9. The smallest absolute Gasteiger partial charge is 0.245 e. The molecule has 0 unspecified atom stereocenters. The molecule has 12 nitrogen and oxygen atoms in total. The van der Waals surface area contributed by atoms with Gasteiger partial charge in [0.15, 0.2) is 0 Å². The molecule has 2 aromatic heterocycles. The number of para-hydroxylation sites is 1. The Hall–Kier alpha value is -3.72. The van der Waals surface area contributed by atoms with Crippen LogP contribution in [0.3, 0.4) is 0 Å². The molecule has 3 heterocycles. The topological polar surface area (TPSA) is 184 Å². The van der Waals surface area contributed by atoms with E-state index in [0.29, 0.717) is 76.4 Å². The van der Waals surface area contributed by atoms with E-state index < -0.39 is 24.0 Å². The van der Waals surface area contributed by atoms with Crippen LogP contribution in [0, 0.1) is 0 Å². The van der Waals surface area contributed by atoms with Gasteiger partial charge in [0.05, 0.1) is 16.8 Å². The van der Waals surface area contributed by atoms with Crippen molar-refractivity contribution < 1.29 is 14.4 Å². The summed E-state index contributed by atoms with van der Waals surface area (Å²) in [6.07, 6.45) is 7.87. The lowest BCUT2D eigenvalue weighted by Crippen LogP contribution is -2.57. The SMILES string of the molecule is CN1C(=O)[C@H](CCCCN)NC(=O)[C@H](CCCN)NCc2nccnc2Sc2c(Cl)ccc(Cl)c2CNC(=O)[C@@H]1Cc1c[nH]c2ccccc12. The van der Waals surface area contributed by atoms with E-state index in [9.17, 15) is 14.4 Å². The van der Waals surface area contributed by atoms with E-state index in [4.69, 9.17) is 34.7 Å². The number of aromatic amines is 1. The van der Waals surface area contributed by atoms with E-state index >= 15 is 0 Å². The number of carbonyl (C=O) groups is 3. The zero-order valence-corrected chi connectivity index (χ0v) is 30.2. The van der Waals surface area contributed by atoms with Crippen LogP contribution in [0.15, 0.2) is 64.9 Å². The Bertz CT molecular complexity index is 1810.